The number of carbonyl (C=O) groups excluding carboxylic acids is 1. The zero-order chi connectivity index (χ0) is 14.7. The topological polar surface area (TPSA) is 25.2 Å². The average molecular weight is 286 g/mol. The monoisotopic (exact) mass is 286 g/mol. The van der Waals surface area contributed by atoms with Gasteiger partial charge in [0.05, 0.1) is 12.5 Å². The smallest absolute Gasteiger partial charge is 0.225 e. The first-order valence-electron chi connectivity index (χ1n) is 7.40. The Bertz CT molecular complexity index is 603. The number of hydrogen-bond donors (Lipinski definition) is 0. The molecule has 110 valence electrons. The summed E-state index contributed by atoms with van der Waals surface area (Å²) in [7, 11) is 0. The Morgan fingerprint density at radius 2 is 1.86 bits per heavy atom. The molecule has 1 aliphatic heterocycles. The van der Waals surface area contributed by atoms with E-state index in [9.17, 15) is 9.18 Å². The number of rotatable bonds is 4. The second kappa shape index (κ2) is 6.12. The van der Waals surface area contributed by atoms with Gasteiger partial charge in [-0.25, -0.2) is 4.39 Å². The highest BCUT2D eigenvalue weighted by Gasteiger charge is 2.23. The molecule has 1 aromatic heterocycles. The summed E-state index contributed by atoms with van der Waals surface area (Å²) in [5.41, 5.74) is 0.832. The molecular formula is C17H19FN2O. The number of hydrogen-bond acceptors (Lipinski definition) is 1. The first kappa shape index (κ1) is 13.9. The van der Waals surface area contributed by atoms with Gasteiger partial charge in [0, 0.05) is 25.5 Å². The van der Waals surface area contributed by atoms with Gasteiger partial charge in [-0.1, -0.05) is 12.1 Å². The SMILES string of the molecule is O=C(C[C@H](c1cccc(F)c1)n1cccc1)N1CCCC1. The van der Waals surface area contributed by atoms with Crippen molar-refractivity contribution in [3.8, 4) is 0 Å². The summed E-state index contributed by atoms with van der Waals surface area (Å²) >= 11 is 0. The maximum absolute atomic E-state index is 13.5. The highest BCUT2D eigenvalue weighted by Crippen LogP contribution is 2.25. The fourth-order valence-corrected chi connectivity index (χ4v) is 2.93. The summed E-state index contributed by atoms with van der Waals surface area (Å²) in [4.78, 5) is 14.3. The van der Waals surface area contributed by atoms with Crippen molar-refractivity contribution in [3.05, 3.63) is 60.2 Å². The van der Waals surface area contributed by atoms with Gasteiger partial charge in [-0.15, -0.1) is 0 Å². The number of amides is 1. The Balaban J connectivity index is 1.84. The minimum Gasteiger partial charge on any atom is -0.346 e. The highest BCUT2D eigenvalue weighted by atomic mass is 19.1. The lowest BCUT2D eigenvalue weighted by Gasteiger charge is -2.23. The molecule has 1 aromatic carbocycles. The van der Waals surface area contributed by atoms with Crippen LogP contribution in [-0.2, 0) is 4.79 Å². The van der Waals surface area contributed by atoms with Crippen LogP contribution in [-0.4, -0.2) is 28.5 Å². The van der Waals surface area contributed by atoms with E-state index in [2.05, 4.69) is 0 Å². The van der Waals surface area contributed by atoms with E-state index in [-0.39, 0.29) is 17.8 Å². The second-order valence-corrected chi connectivity index (χ2v) is 5.49. The van der Waals surface area contributed by atoms with Crippen LogP contribution < -0.4 is 0 Å². The van der Waals surface area contributed by atoms with Gasteiger partial charge in [0.15, 0.2) is 0 Å². The van der Waals surface area contributed by atoms with E-state index in [4.69, 9.17) is 0 Å². The standard InChI is InChI=1S/C17H19FN2O/c18-15-7-5-6-14(12-15)16(19-8-1-2-9-19)13-17(21)20-10-3-4-11-20/h1-2,5-9,12,16H,3-4,10-11,13H2/t16-/m1/s1. The van der Waals surface area contributed by atoms with Crippen molar-refractivity contribution in [2.75, 3.05) is 13.1 Å². The van der Waals surface area contributed by atoms with Crippen molar-refractivity contribution in [1.29, 1.82) is 0 Å². The Kier molecular flexibility index (Phi) is 4.04. The second-order valence-electron chi connectivity index (χ2n) is 5.49. The van der Waals surface area contributed by atoms with Gasteiger partial charge < -0.3 is 9.47 Å². The predicted molar refractivity (Wildman–Crippen MR) is 79.4 cm³/mol. The molecule has 0 saturated carbocycles. The molecule has 1 aliphatic rings. The Morgan fingerprint density at radius 1 is 1.14 bits per heavy atom. The van der Waals surface area contributed by atoms with Crippen LogP contribution in [0.25, 0.3) is 0 Å². The van der Waals surface area contributed by atoms with Crippen molar-refractivity contribution >= 4 is 5.91 Å². The Hall–Kier alpha value is -2.10. The van der Waals surface area contributed by atoms with Crippen molar-refractivity contribution in [2.45, 2.75) is 25.3 Å². The van der Waals surface area contributed by atoms with Gasteiger partial charge in [-0.3, -0.25) is 4.79 Å². The third-order valence-electron chi connectivity index (χ3n) is 4.05. The van der Waals surface area contributed by atoms with Crippen molar-refractivity contribution in [1.82, 2.24) is 9.47 Å². The van der Waals surface area contributed by atoms with E-state index in [0.29, 0.717) is 6.42 Å². The molecule has 2 aromatic rings. The summed E-state index contributed by atoms with van der Waals surface area (Å²) in [5.74, 6) is -0.117. The predicted octanol–water partition coefficient (Wildman–Crippen LogP) is 3.23. The van der Waals surface area contributed by atoms with Crippen LogP contribution in [0.1, 0.15) is 30.9 Å². The van der Waals surface area contributed by atoms with E-state index in [1.165, 1.54) is 12.1 Å². The summed E-state index contributed by atoms with van der Waals surface area (Å²) in [5, 5.41) is 0. The van der Waals surface area contributed by atoms with Crippen LogP contribution in [0.2, 0.25) is 0 Å². The number of halogens is 1. The molecule has 0 bridgehead atoms. The molecule has 1 saturated heterocycles. The van der Waals surface area contributed by atoms with Crippen LogP contribution in [0.4, 0.5) is 4.39 Å². The van der Waals surface area contributed by atoms with Crippen molar-refractivity contribution in [3.63, 3.8) is 0 Å². The van der Waals surface area contributed by atoms with E-state index in [1.807, 2.05) is 40.1 Å². The fourth-order valence-electron chi connectivity index (χ4n) is 2.93. The normalized spacial score (nSPS) is 16.1. The molecule has 21 heavy (non-hydrogen) atoms. The molecule has 3 nitrogen and oxygen atoms in total. The van der Waals surface area contributed by atoms with Crippen LogP contribution in [0.5, 0.6) is 0 Å². The number of aromatic nitrogens is 1. The first-order chi connectivity index (χ1) is 10.2. The zero-order valence-corrected chi connectivity index (χ0v) is 11.9. The number of carbonyl (C=O) groups is 1. The summed E-state index contributed by atoms with van der Waals surface area (Å²) < 4.78 is 15.5. The Labute approximate surface area is 124 Å². The third-order valence-corrected chi connectivity index (χ3v) is 4.05. The molecule has 0 spiro atoms. The lowest BCUT2D eigenvalue weighted by Crippen LogP contribution is -2.30. The van der Waals surface area contributed by atoms with E-state index in [0.717, 1.165) is 31.5 Å². The molecule has 0 unspecified atom stereocenters. The highest BCUT2D eigenvalue weighted by molar-refractivity contribution is 5.77. The quantitative estimate of drug-likeness (QED) is 0.847. The van der Waals surface area contributed by atoms with Gasteiger partial charge in [0.25, 0.3) is 0 Å². The van der Waals surface area contributed by atoms with Crippen molar-refractivity contribution in [2.24, 2.45) is 0 Å². The van der Waals surface area contributed by atoms with Crippen LogP contribution in [0.15, 0.2) is 48.8 Å². The fraction of sp³-hybridized carbons (Fsp3) is 0.353. The molecule has 1 amide bonds. The van der Waals surface area contributed by atoms with E-state index < -0.39 is 0 Å². The Morgan fingerprint density at radius 3 is 2.52 bits per heavy atom. The van der Waals surface area contributed by atoms with Gasteiger partial charge >= 0.3 is 0 Å². The summed E-state index contributed by atoms with van der Waals surface area (Å²) in [6.45, 7) is 1.70. The van der Waals surface area contributed by atoms with Gasteiger partial charge in [-0.2, -0.15) is 0 Å². The molecule has 2 heterocycles. The third kappa shape index (κ3) is 3.15. The number of benzene rings is 1. The average Bonchev–Trinajstić information content (AvgIpc) is 3.17. The maximum atomic E-state index is 13.5. The molecule has 1 atom stereocenters. The molecular weight excluding hydrogens is 267 g/mol. The van der Waals surface area contributed by atoms with Gasteiger partial charge in [-0.05, 0) is 42.7 Å². The van der Waals surface area contributed by atoms with Gasteiger partial charge in [0.1, 0.15) is 5.82 Å². The van der Waals surface area contributed by atoms with Crippen molar-refractivity contribution < 1.29 is 9.18 Å². The lowest BCUT2D eigenvalue weighted by molar-refractivity contribution is -0.130. The molecule has 0 N–H and O–H groups in total. The van der Waals surface area contributed by atoms with Crippen LogP contribution in [0, 0.1) is 5.82 Å². The summed E-state index contributed by atoms with van der Waals surface area (Å²) in [6.07, 6.45) is 6.39. The van der Waals surface area contributed by atoms with Crippen LogP contribution in [0.3, 0.4) is 0 Å². The minimum atomic E-state index is -0.265. The van der Waals surface area contributed by atoms with E-state index >= 15 is 0 Å². The molecule has 3 rings (SSSR count). The maximum Gasteiger partial charge on any atom is 0.225 e. The molecule has 0 radical (unpaired) electrons. The van der Waals surface area contributed by atoms with Crippen LogP contribution >= 0.6 is 0 Å². The summed E-state index contributed by atoms with van der Waals surface area (Å²) in [6, 6.07) is 10.2. The lowest BCUT2D eigenvalue weighted by atomic mass is 10.0. The number of nitrogens with zero attached hydrogens (tertiary/aromatic N) is 2. The largest absolute Gasteiger partial charge is 0.346 e. The number of likely N-dealkylation sites (tertiary alicyclic amines) is 1. The molecule has 0 aliphatic carbocycles. The first-order valence-corrected chi connectivity index (χ1v) is 7.40. The molecule has 1 fully saturated rings. The van der Waals surface area contributed by atoms with E-state index in [1.54, 1.807) is 6.07 Å². The molecule has 4 heteroatoms. The van der Waals surface area contributed by atoms with Gasteiger partial charge in [0.2, 0.25) is 5.91 Å². The zero-order valence-electron chi connectivity index (χ0n) is 11.9. The minimum absolute atomic E-state index is 0.149.